The smallest absolute Gasteiger partial charge is 0.870 e. The number of rotatable bonds is 12. The molecule has 4 aromatic rings. The maximum atomic E-state index is 12.8. The van der Waals surface area contributed by atoms with Crippen LogP contribution in [0.2, 0.25) is 0 Å². The molecule has 4 aliphatic heterocycles. The molecule has 4 aromatic carbocycles. The van der Waals surface area contributed by atoms with E-state index in [4.69, 9.17) is 0 Å². The van der Waals surface area contributed by atoms with E-state index in [-0.39, 0.29) is 177 Å². The Morgan fingerprint density at radius 3 is 0.463 bits per heavy atom. The second-order valence-corrected chi connectivity index (χ2v) is 20.3. The molecule has 44 heteroatoms. The average Bonchev–Trinajstić information content (AvgIpc) is 3.18. The van der Waals surface area contributed by atoms with Gasteiger partial charge >= 0.3 is 34.7 Å². The fraction of sp³-hybridized carbons (Fsp3) is 0.222. The van der Waals surface area contributed by atoms with Crippen molar-refractivity contribution in [2.24, 2.45) is 0 Å². The van der Waals surface area contributed by atoms with E-state index in [1.54, 1.807) is 0 Å². The third-order valence-corrected chi connectivity index (χ3v) is 13.1. The summed E-state index contributed by atoms with van der Waals surface area (Å²) in [6, 6.07) is 9.74. The summed E-state index contributed by atoms with van der Waals surface area (Å²) >= 11 is 0. The zero-order chi connectivity index (χ0) is 47.2. The van der Waals surface area contributed by atoms with Crippen LogP contribution in [0.15, 0.2) is 48.5 Å². The minimum atomic E-state index is -4.70. The van der Waals surface area contributed by atoms with Crippen LogP contribution in [-0.4, -0.2) is 236 Å². The first kappa shape index (κ1) is 96.4. The molecule has 0 saturated heterocycles. The van der Waals surface area contributed by atoms with Crippen molar-refractivity contribution in [1.82, 2.24) is 19.6 Å². The van der Waals surface area contributed by atoms with Crippen molar-refractivity contribution >= 4 is 144 Å². The molecule has 4 heterocycles. The molecule has 0 atom stereocenters. The Morgan fingerprint density at radius 2 is 0.375 bits per heavy atom. The first-order valence-corrected chi connectivity index (χ1v) is 24.3. The number of imide groups is 4. The van der Waals surface area contributed by atoms with Crippen LogP contribution in [0.3, 0.4) is 0 Å². The maximum Gasteiger partial charge on any atom is 3.00 e. The molecule has 0 aliphatic carbocycles. The summed E-state index contributed by atoms with van der Waals surface area (Å²) in [4.78, 5) is 105. The Bertz CT molecular complexity index is 2810. The van der Waals surface area contributed by atoms with Crippen LogP contribution in [-0.2, 0) is 84.3 Å². The summed E-state index contributed by atoms with van der Waals surface area (Å²) in [6.45, 7) is -2.65. The second-order valence-electron chi connectivity index (χ2n) is 14.2. The van der Waals surface area contributed by atoms with Crippen LogP contribution in [0, 0.1) is 0 Å². The second kappa shape index (κ2) is 33.8. The number of benzene rings is 4. The Morgan fingerprint density at radius 1 is 0.275 bits per heavy atom. The van der Waals surface area contributed by atoms with Gasteiger partial charge in [0.15, 0.2) is 0 Å². The standard InChI is InChI=1S/2C18H14N2O10S2.2Al.14H2O/c2*21-15-9-1-2-10-14-12(18(24)20(16(10)22)6-8-32(28,29)30)4-3-11(13(9)14)17(23)19(15)5-7-31(25,26)27;;;;;;;;;;;;;;;;/h2*1-4H,5-8H2,(H,25,26,27)(H,28,29,30);;;14*1H2/q;;2*+3;;;;;;;;;;;;;;/p+2. The number of carbonyl (C=O) groups excluding carboxylic acids is 8. The molecular weight excluding hydrogens is 1210 g/mol. The molecular formula is C36H58Al2N4O34S4+8. The summed E-state index contributed by atoms with van der Waals surface area (Å²) in [5, 5.41) is 0.0890. The molecule has 4 aliphatic rings. The summed E-state index contributed by atoms with van der Waals surface area (Å²) < 4.78 is 131. The van der Waals surface area contributed by atoms with Crippen LogP contribution in [0.5, 0.6) is 0 Å². The van der Waals surface area contributed by atoms with Crippen molar-refractivity contribution in [2.45, 2.75) is 0 Å². The Balaban J connectivity index is -0.000000128. The van der Waals surface area contributed by atoms with E-state index in [0.717, 1.165) is 0 Å². The van der Waals surface area contributed by atoms with Crippen LogP contribution in [0.1, 0.15) is 82.9 Å². The molecule has 0 bridgehead atoms. The fourth-order valence-corrected chi connectivity index (χ4v) is 9.20. The number of carbonyl (C=O) groups is 8. The van der Waals surface area contributed by atoms with Gasteiger partial charge in [-0.05, 0) is 48.5 Å². The van der Waals surface area contributed by atoms with Crippen LogP contribution < -0.4 is 0 Å². The third kappa shape index (κ3) is 18.1. The predicted octanol–water partition coefficient (Wildman–Crippen LogP) is -13.5. The molecule has 8 amide bonds. The molecule has 0 radical (unpaired) electrons. The van der Waals surface area contributed by atoms with E-state index >= 15 is 0 Å². The molecule has 34 N–H and O–H groups in total. The average molecular weight is 1270 g/mol. The molecule has 448 valence electrons. The van der Waals surface area contributed by atoms with Gasteiger partial charge in [-0.25, -0.2) is 33.7 Å². The SMILES string of the molecule is O.O.O.O.O=C1c2ccc3c4c(ccc(c24)C(=O)N1CCS(=O)(=O)[O-])C(=O)N(CCS(=O)(=O)[O-])C3=O.O=C1c2ccc3c4c(ccc(c24)C(=O)N1CCS(=O)(=O)[O-])C(=O)N(CCS(=O)(=O)[O-])C3=O.[Al+3].[Al+3].[OH-].[OH-].[OH3+].[OH3+].[OH3+].[OH3+].[OH3+].[OH3+].[OH3+].[OH3+]. The van der Waals surface area contributed by atoms with E-state index in [0.29, 0.717) is 19.6 Å². The van der Waals surface area contributed by atoms with E-state index < -0.39 is 137 Å². The van der Waals surface area contributed by atoms with Crippen molar-refractivity contribution in [3.05, 3.63) is 93.0 Å². The van der Waals surface area contributed by atoms with Gasteiger partial charge in [0, 0.05) is 92.2 Å². The topological polar surface area (TPSA) is 828 Å². The molecule has 0 saturated carbocycles. The normalized spacial score (nSPS) is 13.1. The van der Waals surface area contributed by atoms with E-state index in [1.807, 2.05) is 0 Å². The van der Waals surface area contributed by atoms with Crippen molar-refractivity contribution in [1.29, 1.82) is 0 Å². The monoisotopic (exact) mass is 1270 g/mol. The summed E-state index contributed by atoms with van der Waals surface area (Å²) in [5.74, 6) is -11.1. The number of hydrogen-bond donors (Lipinski definition) is 0. The zero-order valence-corrected chi connectivity index (χ0v) is 46.1. The molecule has 0 unspecified atom stereocenters. The van der Waals surface area contributed by atoms with Crippen LogP contribution >= 0.6 is 0 Å². The summed E-state index contributed by atoms with van der Waals surface area (Å²) in [6.07, 6.45) is 0. The van der Waals surface area contributed by atoms with Crippen LogP contribution in [0.25, 0.3) is 21.5 Å². The fourth-order valence-electron chi connectivity index (χ4n) is 7.57. The molecule has 0 spiro atoms. The molecule has 8 rings (SSSR count). The minimum absolute atomic E-state index is 0. The summed E-state index contributed by atoms with van der Waals surface area (Å²) in [7, 11) is -18.8. The van der Waals surface area contributed by atoms with Gasteiger partial charge in [-0.1, -0.05) is 0 Å². The first-order valence-electron chi connectivity index (χ1n) is 18.0. The minimum Gasteiger partial charge on any atom is -0.870 e. The van der Waals surface area contributed by atoms with Crippen molar-refractivity contribution in [3.63, 3.8) is 0 Å². The molecule has 0 aromatic heterocycles. The number of nitrogens with zero attached hydrogens (tertiary/aromatic N) is 4. The first-order chi connectivity index (χ1) is 29.6. The maximum absolute atomic E-state index is 12.8. The predicted molar refractivity (Wildman–Crippen MR) is 276 cm³/mol. The molecule has 80 heavy (non-hydrogen) atoms. The van der Waals surface area contributed by atoms with E-state index in [9.17, 15) is 90.2 Å². The Kier molecular flexibility index (Phi) is 40.7. The largest absolute Gasteiger partial charge is 3.00 e. The quantitative estimate of drug-likeness (QED) is 0.0550. The van der Waals surface area contributed by atoms with Crippen LogP contribution in [0.4, 0.5) is 0 Å². The van der Waals surface area contributed by atoms with Gasteiger partial charge in [0.05, 0.1) is 63.5 Å². The van der Waals surface area contributed by atoms with Gasteiger partial charge < -0.3 is 94.9 Å². The van der Waals surface area contributed by atoms with Gasteiger partial charge in [0.25, 0.3) is 47.3 Å². The summed E-state index contributed by atoms with van der Waals surface area (Å²) in [5.41, 5.74) is -0.558. The number of hydrogen-bond acceptors (Lipinski definition) is 22. The van der Waals surface area contributed by atoms with Crippen molar-refractivity contribution < 1.29 is 167 Å². The van der Waals surface area contributed by atoms with Gasteiger partial charge in [0.1, 0.15) is 0 Å². The number of amides is 8. The Labute approximate surface area is 470 Å². The van der Waals surface area contributed by atoms with Crippen molar-refractivity contribution in [3.8, 4) is 0 Å². The zero-order valence-electron chi connectivity index (χ0n) is 40.5. The van der Waals surface area contributed by atoms with Crippen molar-refractivity contribution in [2.75, 3.05) is 49.2 Å². The van der Waals surface area contributed by atoms with E-state index in [1.165, 1.54) is 48.5 Å². The van der Waals surface area contributed by atoms with Gasteiger partial charge in [-0.3, -0.25) is 58.0 Å². The third-order valence-electron chi connectivity index (χ3n) is 10.4. The van der Waals surface area contributed by atoms with Gasteiger partial charge in [-0.15, -0.1) is 0 Å². The molecule has 38 nitrogen and oxygen atoms in total. The van der Waals surface area contributed by atoms with Gasteiger partial charge in [0.2, 0.25) is 0 Å². The Hall–Kier alpha value is -5.90. The van der Waals surface area contributed by atoms with Gasteiger partial charge in [-0.2, -0.15) is 0 Å². The molecule has 0 fully saturated rings. The van der Waals surface area contributed by atoms with E-state index in [2.05, 4.69) is 0 Å².